The summed E-state index contributed by atoms with van der Waals surface area (Å²) < 4.78 is 5.90. The van der Waals surface area contributed by atoms with Gasteiger partial charge in [0.2, 0.25) is 5.95 Å². The molecule has 0 aliphatic heterocycles. The van der Waals surface area contributed by atoms with E-state index in [1.165, 1.54) is 0 Å². The van der Waals surface area contributed by atoms with Gasteiger partial charge in [0.05, 0.1) is 11.4 Å². The van der Waals surface area contributed by atoms with Gasteiger partial charge in [-0.15, -0.1) is 0 Å². The van der Waals surface area contributed by atoms with E-state index in [9.17, 15) is 0 Å². The summed E-state index contributed by atoms with van der Waals surface area (Å²) in [4.78, 5) is 8.54. The Bertz CT molecular complexity index is 649. The van der Waals surface area contributed by atoms with E-state index in [0.29, 0.717) is 5.95 Å². The van der Waals surface area contributed by atoms with Crippen LogP contribution in [0.2, 0.25) is 0 Å². The summed E-state index contributed by atoms with van der Waals surface area (Å²) in [5.41, 5.74) is 10.6. The molecule has 2 rings (SSSR count). The zero-order valence-corrected chi connectivity index (χ0v) is 13.6. The number of ether oxygens (including phenoxy) is 1. The highest BCUT2D eigenvalue weighted by atomic mass is 16.5. The van der Waals surface area contributed by atoms with Crippen molar-refractivity contribution in [2.75, 3.05) is 5.73 Å². The summed E-state index contributed by atoms with van der Waals surface area (Å²) in [5.74, 6) is 1.19. The quantitative estimate of drug-likeness (QED) is 0.911. The highest BCUT2D eigenvalue weighted by Crippen LogP contribution is 2.31. The number of rotatable bonds is 2. The lowest BCUT2D eigenvalue weighted by atomic mass is 9.98. The highest BCUT2D eigenvalue weighted by Gasteiger charge is 2.15. The first kappa shape index (κ1) is 15.3. The van der Waals surface area contributed by atoms with E-state index in [1.54, 1.807) is 0 Å². The minimum Gasteiger partial charge on any atom is -0.488 e. The molecule has 2 N–H and O–H groups in total. The first-order chi connectivity index (χ1) is 9.67. The fourth-order valence-electron chi connectivity index (χ4n) is 2.47. The second-order valence-electron chi connectivity index (χ2n) is 6.32. The molecule has 0 bridgehead atoms. The lowest BCUT2D eigenvalue weighted by Gasteiger charge is -2.22. The summed E-state index contributed by atoms with van der Waals surface area (Å²) in [6.45, 7) is 12.1. The Balaban J connectivity index is 2.47. The van der Waals surface area contributed by atoms with Crippen molar-refractivity contribution in [3.8, 4) is 16.9 Å². The van der Waals surface area contributed by atoms with Crippen molar-refractivity contribution < 1.29 is 4.74 Å². The average Bonchev–Trinajstić information content (AvgIpc) is 2.28. The third-order valence-electron chi connectivity index (χ3n) is 3.18. The molecule has 1 heterocycles. The van der Waals surface area contributed by atoms with Crippen molar-refractivity contribution in [1.29, 1.82) is 0 Å². The third-order valence-corrected chi connectivity index (χ3v) is 3.18. The molecule has 0 saturated carbocycles. The van der Waals surface area contributed by atoms with Gasteiger partial charge in [-0.1, -0.05) is 6.07 Å². The van der Waals surface area contributed by atoms with Gasteiger partial charge in [-0.25, -0.2) is 9.97 Å². The molecular formula is C17H23N3O. The molecule has 1 aromatic heterocycles. The molecule has 0 atom stereocenters. The molecule has 2 aromatic rings. The van der Waals surface area contributed by atoms with E-state index < -0.39 is 0 Å². The molecule has 112 valence electrons. The first-order valence-electron chi connectivity index (χ1n) is 7.08. The van der Waals surface area contributed by atoms with E-state index in [2.05, 4.69) is 29.0 Å². The molecule has 4 nitrogen and oxygen atoms in total. The lowest BCUT2D eigenvalue weighted by molar-refractivity contribution is 0.131. The summed E-state index contributed by atoms with van der Waals surface area (Å²) in [6, 6.07) is 6.10. The molecule has 21 heavy (non-hydrogen) atoms. The average molecular weight is 285 g/mol. The Kier molecular flexibility index (Phi) is 3.90. The molecule has 1 aromatic carbocycles. The predicted molar refractivity (Wildman–Crippen MR) is 86.5 cm³/mol. The Morgan fingerprint density at radius 3 is 2.05 bits per heavy atom. The van der Waals surface area contributed by atoms with Gasteiger partial charge in [0.15, 0.2) is 0 Å². The van der Waals surface area contributed by atoms with E-state index in [4.69, 9.17) is 10.5 Å². The van der Waals surface area contributed by atoms with Crippen molar-refractivity contribution >= 4 is 5.95 Å². The Hall–Kier alpha value is -2.10. The van der Waals surface area contributed by atoms with E-state index in [-0.39, 0.29) is 5.60 Å². The molecule has 0 fully saturated rings. The lowest BCUT2D eigenvalue weighted by Crippen LogP contribution is -2.22. The van der Waals surface area contributed by atoms with Gasteiger partial charge in [-0.2, -0.15) is 0 Å². The maximum absolute atomic E-state index is 5.90. The number of nitrogen functional groups attached to an aromatic ring is 1. The molecule has 0 aliphatic rings. The monoisotopic (exact) mass is 285 g/mol. The number of aryl methyl sites for hydroxylation is 3. The smallest absolute Gasteiger partial charge is 0.220 e. The Labute approximate surface area is 126 Å². The standard InChI is InChI=1S/C17H23N3O/c1-10-9-13(21-17(4,5)6)7-8-14(10)15-11(2)19-16(18)20-12(15)3/h7-9H,1-6H3,(H2,18,19,20). The normalized spacial score (nSPS) is 11.5. The largest absolute Gasteiger partial charge is 0.488 e. The number of benzene rings is 1. The van der Waals surface area contributed by atoms with Crippen LogP contribution in [0.4, 0.5) is 5.95 Å². The second-order valence-corrected chi connectivity index (χ2v) is 6.32. The van der Waals surface area contributed by atoms with E-state index in [1.807, 2.05) is 40.7 Å². The summed E-state index contributed by atoms with van der Waals surface area (Å²) in [6.07, 6.45) is 0. The molecular weight excluding hydrogens is 262 g/mol. The topological polar surface area (TPSA) is 61.0 Å². The molecule has 0 aliphatic carbocycles. The van der Waals surface area contributed by atoms with Crippen molar-refractivity contribution in [3.05, 3.63) is 35.2 Å². The SMILES string of the molecule is Cc1cc(OC(C)(C)C)ccc1-c1c(C)nc(N)nc1C. The van der Waals surface area contributed by atoms with E-state index >= 15 is 0 Å². The van der Waals surface area contributed by atoms with Crippen LogP contribution in [-0.2, 0) is 0 Å². The highest BCUT2D eigenvalue weighted by molar-refractivity contribution is 5.72. The van der Waals surface area contributed by atoms with Gasteiger partial charge < -0.3 is 10.5 Å². The van der Waals surface area contributed by atoms with Crippen molar-refractivity contribution in [1.82, 2.24) is 9.97 Å². The van der Waals surface area contributed by atoms with Crippen molar-refractivity contribution in [2.24, 2.45) is 0 Å². The predicted octanol–water partition coefficient (Wildman–Crippen LogP) is 3.83. The van der Waals surface area contributed by atoms with Crippen LogP contribution in [0.3, 0.4) is 0 Å². The zero-order valence-electron chi connectivity index (χ0n) is 13.6. The van der Waals surface area contributed by atoms with Crippen LogP contribution in [-0.4, -0.2) is 15.6 Å². The number of hydrogen-bond acceptors (Lipinski definition) is 4. The first-order valence-corrected chi connectivity index (χ1v) is 7.08. The number of hydrogen-bond donors (Lipinski definition) is 1. The van der Waals surface area contributed by atoms with Crippen LogP contribution in [0, 0.1) is 20.8 Å². The van der Waals surface area contributed by atoms with Crippen LogP contribution in [0.1, 0.15) is 37.7 Å². The number of aromatic nitrogens is 2. The summed E-state index contributed by atoms with van der Waals surface area (Å²) in [7, 11) is 0. The van der Waals surface area contributed by atoms with Crippen LogP contribution in [0.25, 0.3) is 11.1 Å². The van der Waals surface area contributed by atoms with Gasteiger partial charge in [0.1, 0.15) is 11.4 Å². The fraction of sp³-hybridized carbons (Fsp3) is 0.412. The molecule has 0 saturated heterocycles. The van der Waals surface area contributed by atoms with Gasteiger partial charge in [0, 0.05) is 5.56 Å². The van der Waals surface area contributed by atoms with Crippen LogP contribution in [0.5, 0.6) is 5.75 Å². The van der Waals surface area contributed by atoms with E-state index in [0.717, 1.165) is 33.8 Å². The molecule has 0 amide bonds. The minimum absolute atomic E-state index is 0.204. The second kappa shape index (κ2) is 5.35. The number of nitrogens with zero attached hydrogens (tertiary/aromatic N) is 2. The summed E-state index contributed by atoms with van der Waals surface area (Å²) in [5, 5.41) is 0. The molecule has 0 radical (unpaired) electrons. The van der Waals surface area contributed by atoms with Crippen LogP contribution in [0.15, 0.2) is 18.2 Å². The Morgan fingerprint density at radius 1 is 1.00 bits per heavy atom. The molecule has 4 heteroatoms. The van der Waals surface area contributed by atoms with Crippen molar-refractivity contribution in [2.45, 2.75) is 47.1 Å². The third kappa shape index (κ3) is 3.51. The molecule has 0 spiro atoms. The number of nitrogens with two attached hydrogens (primary N) is 1. The summed E-state index contributed by atoms with van der Waals surface area (Å²) >= 11 is 0. The Morgan fingerprint density at radius 2 is 1.57 bits per heavy atom. The van der Waals surface area contributed by atoms with Crippen molar-refractivity contribution in [3.63, 3.8) is 0 Å². The van der Waals surface area contributed by atoms with Crippen LogP contribution >= 0.6 is 0 Å². The minimum atomic E-state index is -0.204. The number of anilines is 1. The van der Waals surface area contributed by atoms with Crippen LogP contribution < -0.4 is 10.5 Å². The van der Waals surface area contributed by atoms with Gasteiger partial charge in [0.25, 0.3) is 0 Å². The van der Waals surface area contributed by atoms with Gasteiger partial charge in [-0.3, -0.25) is 0 Å². The zero-order chi connectivity index (χ0) is 15.8. The maximum atomic E-state index is 5.90. The van der Waals surface area contributed by atoms with Gasteiger partial charge in [-0.05, 0) is 64.8 Å². The molecule has 0 unspecified atom stereocenters. The maximum Gasteiger partial charge on any atom is 0.220 e. The fourth-order valence-corrected chi connectivity index (χ4v) is 2.47. The van der Waals surface area contributed by atoms with Gasteiger partial charge >= 0.3 is 0 Å².